The van der Waals surface area contributed by atoms with Gasteiger partial charge in [0.15, 0.2) is 0 Å². The number of nitrogens with zero attached hydrogens (tertiary/aromatic N) is 1. The van der Waals surface area contributed by atoms with E-state index in [1.165, 1.54) is 17.3 Å². The number of ether oxygens (including phenoxy) is 1. The topological polar surface area (TPSA) is 14.2 Å². The van der Waals surface area contributed by atoms with Gasteiger partial charge in [0.25, 0.3) is 0 Å². The first-order chi connectivity index (χ1) is 7.83. The highest BCUT2D eigenvalue weighted by Gasteiger charge is 2.07. The molecule has 0 amide bonds. The Bertz CT molecular complexity index is 447. The number of para-hydroxylation sites is 1. The molecule has 0 aliphatic rings. The maximum Gasteiger partial charge on any atom is 0.131 e. The minimum atomic E-state index is 0.117. The maximum absolute atomic E-state index is 5.80. The van der Waals surface area contributed by atoms with Gasteiger partial charge in [-0.3, -0.25) is 0 Å². The molecule has 0 fully saturated rings. The molecule has 86 valence electrons. The molecule has 0 spiro atoms. The fraction of sp³-hybridized carbons (Fsp3) is 0.429. The highest BCUT2D eigenvalue weighted by molar-refractivity contribution is 5.79. The number of aromatic nitrogens is 1. The van der Waals surface area contributed by atoms with Crippen LogP contribution < -0.4 is 0 Å². The summed E-state index contributed by atoms with van der Waals surface area (Å²) in [4.78, 5) is 0. The molecular formula is C14H19NO. The molecule has 1 aromatic carbocycles. The summed E-state index contributed by atoms with van der Waals surface area (Å²) in [6.07, 6.45) is 4.52. The molecule has 2 rings (SSSR count). The Balaban J connectivity index is 2.13. The Morgan fingerprint density at radius 1 is 1.25 bits per heavy atom. The Labute approximate surface area is 96.8 Å². The average Bonchev–Trinajstić information content (AvgIpc) is 2.73. The zero-order valence-corrected chi connectivity index (χ0v) is 10.0. The van der Waals surface area contributed by atoms with Gasteiger partial charge in [0.2, 0.25) is 0 Å². The Kier molecular flexibility index (Phi) is 3.62. The van der Waals surface area contributed by atoms with Crippen molar-refractivity contribution in [1.82, 2.24) is 4.57 Å². The second kappa shape index (κ2) is 5.17. The van der Waals surface area contributed by atoms with Crippen molar-refractivity contribution in [2.24, 2.45) is 0 Å². The van der Waals surface area contributed by atoms with E-state index >= 15 is 0 Å². The number of rotatable bonds is 5. The number of unbranched alkanes of at least 4 members (excludes halogenated alkanes) is 1. The van der Waals surface area contributed by atoms with Crippen LogP contribution in [0.3, 0.4) is 0 Å². The van der Waals surface area contributed by atoms with E-state index in [4.69, 9.17) is 4.74 Å². The lowest BCUT2D eigenvalue weighted by Gasteiger charge is -2.16. The molecule has 1 atom stereocenters. The minimum Gasteiger partial charge on any atom is -0.358 e. The molecule has 0 N–H and O–H groups in total. The summed E-state index contributed by atoms with van der Waals surface area (Å²) in [6.45, 7) is 5.12. The molecule has 16 heavy (non-hydrogen) atoms. The molecule has 0 aliphatic heterocycles. The fourth-order valence-corrected chi connectivity index (χ4v) is 1.90. The summed E-state index contributed by atoms with van der Waals surface area (Å²) in [5, 5.41) is 1.27. The van der Waals surface area contributed by atoms with Gasteiger partial charge in [-0.15, -0.1) is 0 Å². The SMILES string of the molecule is CCCCOC(C)n1ccc2ccccc21. The molecule has 0 saturated carbocycles. The molecule has 2 heteroatoms. The van der Waals surface area contributed by atoms with Crippen molar-refractivity contribution in [1.29, 1.82) is 0 Å². The lowest BCUT2D eigenvalue weighted by Crippen LogP contribution is -2.08. The second-order valence-electron chi connectivity index (χ2n) is 4.11. The maximum atomic E-state index is 5.80. The molecule has 1 unspecified atom stereocenters. The predicted octanol–water partition coefficient (Wildman–Crippen LogP) is 3.98. The highest BCUT2D eigenvalue weighted by Crippen LogP contribution is 2.20. The van der Waals surface area contributed by atoms with Crippen LogP contribution in [0.1, 0.15) is 32.9 Å². The first kappa shape index (κ1) is 11.2. The third kappa shape index (κ3) is 2.27. The first-order valence-electron chi connectivity index (χ1n) is 6.00. The van der Waals surface area contributed by atoms with Crippen LogP contribution in [-0.2, 0) is 4.74 Å². The third-order valence-corrected chi connectivity index (χ3v) is 2.88. The molecule has 0 radical (unpaired) electrons. The standard InChI is InChI=1S/C14H19NO/c1-3-4-11-16-12(2)15-10-9-13-7-5-6-8-14(13)15/h5-10,12H,3-4,11H2,1-2H3. The molecular weight excluding hydrogens is 198 g/mol. The fourth-order valence-electron chi connectivity index (χ4n) is 1.90. The van der Waals surface area contributed by atoms with Crippen molar-refractivity contribution in [3.8, 4) is 0 Å². The Morgan fingerprint density at radius 2 is 2.06 bits per heavy atom. The number of hydrogen-bond donors (Lipinski definition) is 0. The monoisotopic (exact) mass is 217 g/mol. The van der Waals surface area contributed by atoms with Crippen molar-refractivity contribution >= 4 is 10.9 Å². The zero-order chi connectivity index (χ0) is 11.4. The Morgan fingerprint density at radius 3 is 2.88 bits per heavy atom. The predicted molar refractivity (Wildman–Crippen MR) is 67.5 cm³/mol. The third-order valence-electron chi connectivity index (χ3n) is 2.88. The van der Waals surface area contributed by atoms with E-state index in [-0.39, 0.29) is 6.23 Å². The lowest BCUT2D eigenvalue weighted by atomic mass is 10.2. The van der Waals surface area contributed by atoms with E-state index in [0.29, 0.717) is 0 Å². The summed E-state index contributed by atoms with van der Waals surface area (Å²) in [5.41, 5.74) is 1.24. The van der Waals surface area contributed by atoms with Crippen LogP contribution in [0.5, 0.6) is 0 Å². The Hall–Kier alpha value is -1.28. The van der Waals surface area contributed by atoms with Crippen LogP contribution in [0.2, 0.25) is 0 Å². The van der Waals surface area contributed by atoms with Crippen LogP contribution in [0.4, 0.5) is 0 Å². The van der Waals surface area contributed by atoms with Crippen LogP contribution >= 0.6 is 0 Å². The van der Waals surface area contributed by atoms with Gasteiger partial charge in [-0.1, -0.05) is 31.5 Å². The van der Waals surface area contributed by atoms with Crippen molar-refractivity contribution in [2.75, 3.05) is 6.61 Å². The van der Waals surface area contributed by atoms with Gasteiger partial charge in [-0.2, -0.15) is 0 Å². The van der Waals surface area contributed by atoms with E-state index in [0.717, 1.165) is 13.0 Å². The van der Waals surface area contributed by atoms with Gasteiger partial charge < -0.3 is 9.30 Å². The van der Waals surface area contributed by atoms with Gasteiger partial charge >= 0.3 is 0 Å². The van der Waals surface area contributed by atoms with Gasteiger partial charge in [-0.05, 0) is 30.9 Å². The average molecular weight is 217 g/mol. The smallest absolute Gasteiger partial charge is 0.131 e. The summed E-state index contributed by atoms with van der Waals surface area (Å²) in [5.74, 6) is 0. The summed E-state index contributed by atoms with van der Waals surface area (Å²) in [7, 11) is 0. The molecule has 1 heterocycles. The molecule has 2 nitrogen and oxygen atoms in total. The van der Waals surface area contributed by atoms with Crippen molar-refractivity contribution in [3.63, 3.8) is 0 Å². The quantitative estimate of drug-likeness (QED) is 0.691. The van der Waals surface area contributed by atoms with E-state index < -0.39 is 0 Å². The van der Waals surface area contributed by atoms with Crippen LogP contribution in [-0.4, -0.2) is 11.2 Å². The number of fused-ring (bicyclic) bond motifs is 1. The normalized spacial score (nSPS) is 13.1. The molecule has 2 aromatic rings. The van der Waals surface area contributed by atoms with Crippen molar-refractivity contribution in [2.45, 2.75) is 32.9 Å². The van der Waals surface area contributed by atoms with Crippen molar-refractivity contribution in [3.05, 3.63) is 36.5 Å². The van der Waals surface area contributed by atoms with Crippen LogP contribution in [0.15, 0.2) is 36.5 Å². The summed E-state index contributed by atoms with van der Waals surface area (Å²) in [6, 6.07) is 10.5. The summed E-state index contributed by atoms with van der Waals surface area (Å²) < 4.78 is 7.98. The van der Waals surface area contributed by atoms with Gasteiger partial charge in [-0.25, -0.2) is 0 Å². The van der Waals surface area contributed by atoms with E-state index in [2.05, 4.69) is 54.9 Å². The number of benzene rings is 1. The molecule has 0 saturated heterocycles. The zero-order valence-electron chi connectivity index (χ0n) is 10.0. The number of hydrogen-bond acceptors (Lipinski definition) is 1. The van der Waals surface area contributed by atoms with E-state index in [1.807, 2.05) is 0 Å². The molecule has 0 aliphatic carbocycles. The molecule has 1 aromatic heterocycles. The van der Waals surface area contributed by atoms with Crippen LogP contribution in [0, 0.1) is 0 Å². The molecule has 0 bridgehead atoms. The summed E-state index contributed by atoms with van der Waals surface area (Å²) >= 11 is 0. The van der Waals surface area contributed by atoms with Gasteiger partial charge in [0.1, 0.15) is 6.23 Å². The largest absolute Gasteiger partial charge is 0.358 e. The second-order valence-corrected chi connectivity index (χ2v) is 4.11. The van der Waals surface area contributed by atoms with E-state index in [1.54, 1.807) is 0 Å². The van der Waals surface area contributed by atoms with Gasteiger partial charge in [0.05, 0.1) is 5.52 Å². The lowest BCUT2D eigenvalue weighted by molar-refractivity contribution is 0.0178. The van der Waals surface area contributed by atoms with Gasteiger partial charge in [0, 0.05) is 12.8 Å². The first-order valence-corrected chi connectivity index (χ1v) is 6.00. The van der Waals surface area contributed by atoms with Crippen molar-refractivity contribution < 1.29 is 4.74 Å². The van der Waals surface area contributed by atoms with E-state index in [9.17, 15) is 0 Å². The highest BCUT2D eigenvalue weighted by atomic mass is 16.5. The van der Waals surface area contributed by atoms with Crippen LogP contribution in [0.25, 0.3) is 10.9 Å². The minimum absolute atomic E-state index is 0.117.